The second-order valence-electron chi connectivity index (χ2n) is 7.63. The lowest BCUT2D eigenvalue weighted by molar-refractivity contribution is -0.119. The number of hydrogen-bond donors (Lipinski definition) is 2. The summed E-state index contributed by atoms with van der Waals surface area (Å²) in [4.78, 5) is 33.7. The van der Waals surface area contributed by atoms with E-state index in [-0.39, 0.29) is 23.3 Å². The van der Waals surface area contributed by atoms with Gasteiger partial charge in [0.2, 0.25) is 5.91 Å². The van der Waals surface area contributed by atoms with E-state index >= 15 is 0 Å². The Morgan fingerprint density at radius 3 is 2.84 bits per heavy atom. The number of ether oxygens (including phenoxy) is 1. The fourth-order valence-electron chi connectivity index (χ4n) is 3.87. The van der Waals surface area contributed by atoms with Gasteiger partial charge >= 0.3 is 0 Å². The van der Waals surface area contributed by atoms with Crippen LogP contribution in [0.5, 0.6) is 0 Å². The minimum Gasteiger partial charge on any atom is -0.376 e. The molecule has 0 unspecified atom stereocenters. The number of H-pyrrole nitrogens is 1. The van der Waals surface area contributed by atoms with Gasteiger partial charge in [0, 0.05) is 24.1 Å². The molecule has 5 rings (SSSR count). The van der Waals surface area contributed by atoms with E-state index in [1.165, 1.54) is 40.6 Å². The highest BCUT2D eigenvalue weighted by atomic mass is 32.2. The SMILES string of the molecule is O=C(CSc1nc2c([nH]c3ccccc32)c(=O)n1-c1ccc(F)cc1)NC[C@@H]1CCCO1. The summed E-state index contributed by atoms with van der Waals surface area (Å²) >= 11 is 1.17. The Bertz CT molecular complexity index is 1340. The van der Waals surface area contributed by atoms with Crippen molar-refractivity contribution in [2.45, 2.75) is 24.1 Å². The number of nitrogens with zero attached hydrogens (tertiary/aromatic N) is 2. The summed E-state index contributed by atoms with van der Waals surface area (Å²) in [7, 11) is 0. The van der Waals surface area contributed by atoms with Gasteiger partial charge in [0.1, 0.15) is 16.9 Å². The molecule has 164 valence electrons. The van der Waals surface area contributed by atoms with Gasteiger partial charge in [-0.2, -0.15) is 0 Å². The molecule has 0 aliphatic carbocycles. The van der Waals surface area contributed by atoms with Crippen LogP contribution in [0.2, 0.25) is 0 Å². The van der Waals surface area contributed by atoms with Crippen molar-refractivity contribution in [2.24, 2.45) is 0 Å². The van der Waals surface area contributed by atoms with Gasteiger partial charge in [0.25, 0.3) is 5.56 Å². The number of carbonyl (C=O) groups excluding carboxylic acids is 1. The Balaban J connectivity index is 1.50. The van der Waals surface area contributed by atoms with Crippen LogP contribution in [0, 0.1) is 5.82 Å². The summed E-state index contributed by atoms with van der Waals surface area (Å²) in [6.07, 6.45) is 2.01. The van der Waals surface area contributed by atoms with Crippen molar-refractivity contribution in [1.29, 1.82) is 0 Å². The van der Waals surface area contributed by atoms with Crippen molar-refractivity contribution in [3.8, 4) is 5.69 Å². The number of carbonyl (C=O) groups is 1. The molecule has 2 N–H and O–H groups in total. The summed E-state index contributed by atoms with van der Waals surface area (Å²) in [5.41, 5.74) is 1.88. The molecule has 0 spiro atoms. The normalized spacial score (nSPS) is 16.1. The maximum atomic E-state index is 13.5. The zero-order valence-electron chi connectivity index (χ0n) is 17.1. The van der Waals surface area contributed by atoms with Crippen LogP contribution in [0.25, 0.3) is 27.6 Å². The summed E-state index contributed by atoms with van der Waals surface area (Å²) in [5, 5.41) is 4.08. The molecule has 2 aromatic heterocycles. The van der Waals surface area contributed by atoms with Crippen molar-refractivity contribution < 1.29 is 13.9 Å². The van der Waals surface area contributed by atoms with Gasteiger partial charge in [-0.05, 0) is 43.2 Å². The fourth-order valence-corrected chi connectivity index (χ4v) is 4.71. The summed E-state index contributed by atoms with van der Waals surface area (Å²) in [6, 6.07) is 13.2. The van der Waals surface area contributed by atoms with Crippen molar-refractivity contribution in [1.82, 2.24) is 19.9 Å². The molecule has 4 aromatic rings. The average molecular weight is 453 g/mol. The molecule has 0 bridgehead atoms. The minimum atomic E-state index is -0.399. The van der Waals surface area contributed by atoms with E-state index in [9.17, 15) is 14.0 Å². The zero-order valence-corrected chi connectivity index (χ0v) is 18.0. The summed E-state index contributed by atoms with van der Waals surface area (Å²) in [6.45, 7) is 1.20. The van der Waals surface area contributed by atoms with Crippen LogP contribution in [0.4, 0.5) is 4.39 Å². The molecule has 1 aliphatic rings. The maximum absolute atomic E-state index is 13.5. The van der Waals surface area contributed by atoms with Gasteiger partial charge in [0.15, 0.2) is 5.16 Å². The van der Waals surface area contributed by atoms with Crippen molar-refractivity contribution in [3.63, 3.8) is 0 Å². The molecule has 0 saturated carbocycles. The molecule has 1 aliphatic heterocycles. The number of hydrogen-bond acceptors (Lipinski definition) is 5. The third-order valence-corrected chi connectivity index (χ3v) is 6.40. The number of para-hydroxylation sites is 1. The smallest absolute Gasteiger partial charge is 0.283 e. The monoisotopic (exact) mass is 452 g/mol. The van der Waals surface area contributed by atoms with Crippen LogP contribution >= 0.6 is 11.8 Å². The molecular formula is C23H21FN4O3S. The van der Waals surface area contributed by atoms with E-state index in [0.717, 1.165) is 30.4 Å². The Morgan fingerprint density at radius 2 is 2.06 bits per heavy atom. The predicted octanol–water partition coefficient (Wildman–Crippen LogP) is 3.39. The first-order chi connectivity index (χ1) is 15.6. The molecule has 2 aromatic carbocycles. The molecular weight excluding hydrogens is 431 g/mol. The highest BCUT2D eigenvalue weighted by Gasteiger charge is 2.19. The molecule has 7 nitrogen and oxygen atoms in total. The number of nitrogens with one attached hydrogen (secondary N) is 2. The van der Waals surface area contributed by atoms with Crippen LogP contribution in [0.1, 0.15) is 12.8 Å². The highest BCUT2D eigenvalue weighted by Crippen LogP contribution is 2.26. The van der Waals surface area contributed by atoms with Crippen LogP contribution in [-0.4, -0.2) is 45.5 Å². The number of amides is 1. The Kier molecular flexibility index (Phi) is 5.67. The largest absolute Gasteiger partial charge is 0.376 e. The van der Waals surface area contributed by atoms with Crippen LogP contribution in [0.3, 0.4) is 0 Å². The molecule has 1 amide bonds. The first-order valence-corrected chi connectivity index (χ1v) is 11.4. The van der Waals surface area contributed by atoms with Crippen molar-refractivity contribution >= 4 is 39.6 Å². The number of rotatable bonds is 6. The van der Waals surface area contributed by atoms with Crippen LogP contribution < -0.4 is 10.9 Å². The van der Waals surface area contributed by atoms with Gasteiger partial charge in [-0.3, -0.25) is 14.2 Å². The summed E-state index contributed by atoms with van der Waals surface area (Å²) in [5.74, 6) is -0.470. The second kappa shape index (κ2) is 8.76. The Morgan fingerprint density at radius 1 is 1.25 bits per heavy atom. The number of thioether (sulfide) groups is 1. The maximum Gasteiger partial charge on any atom is 0.283 e. The Labute approximate surface area is 187 Å². The number of aromatic nitrogens is 3. The van der Waals surface area contributed by atoms with E-state index in [4.69, 9.17) is 9.72 Å². The third kappa shape index (κ3) is 4.01. The zero-order chi connectivity index (χ0) is 22.1. The minimum absolute atomic E-state index is 0.0574. The number of aromatic amines is 1. The van der Waals surface area contributed by atoms with Crippen molar-refractivity contribution in [3.05, 3.63) is 64.7 Å². The lowest BCUT2D eigenvalue weighted by Crippen LogP contribution is -2.33. The third-order valence-electron chi connectivity index (χ3n) is 5.46. The van der Waals surface area contributed by atoms with E-state index in [2.05, 4.69) is 10.3 Å². The molecule has 0 radical (unpaired) electrons. The molecule has 1 fully saturated rings. The van der Waals surface area contributed by atoms with E-state index < -0.39 is 5.82 Å². The lowest BCUT2D eigenvalue weighted by atomic mass is 10.2. The Hall–Kier alpha value is -3.17. The summed E-state index contributed by atoms with van der Waals surface area (Å²) < 4.78 is 20.4. The average Bonchev–Trinajstić information content (AvgIpc) is 3.45. The lowest BCUT2D eigenvalue weighted by Gasteiger charge is -2.13. The van der Waals surface area contributed by atoms with E-state index in [1.807, 2.05) is 24.3 Å². The number of benzene rings is 2. The van der Waals surface area contributed by atoms with E-state index in [1.54, 1.807) is 0 Å². The quantitative estimate of drug-likeness (QED) is 0.346. The first-order valence-electron chi connectivity index (χ1n) is 10.4. The molecule has 9 heteroatoms. The molecule has 1 saturated heterocycles. The molecule has 3 heterocycles. The topological polar surface area (TPSA) is 89.0 Å². The standard InChI is InChI=1S/C23H21FN4O3S/c24-14-7-9-15(10-8-14)28-22(30)21-20(17-5-1-2-6-18(17)26-21)27-23(28)32-13-19(29)25-12-16-4-3-11-31-16/h1-2,5-10,16,26H,3-4,11-13H2,(H,25,29)/t16-/m0/s1. The number of fused-ring (bicyclic) bond motifs is 3. The predicted molar refractivity (Wildman–Crippen MR) is 122 cm³/mol. The fraction of sp³-hybridized carbons (Fsp3) is 0.261. The molecule has 1 atom stereocenters. The van der Waals surface area contributed by atoms with Gasteiger partial charge in [-0.25, -0.2) is 9.37 Å². The van der Waals surface area contributed by atoms with Gasteiger partial charge < -0.3 is 15.0 Å². The number of halogens is 1. The molecule has 32 heavy (non-hydrogen) atoms. The second-order valence-corrected chi connectivity index (χ2v) is 8.58. The van der Waals surface area contributed by atoms with Gasteiger partial charge in [-0.15, -0.1) is 0 Å². The highest BCUT2D eigenvalue weighted by molar-refractivity contribution is 7.99. The van der Waals surface area contributed by atoms with Crippen LogP contribution in [-0.2, 0) is 9.53 Å². The first kappa shape index (κ1) is 20.7. The van der Waals surface area contributed by atoms with Crippen LogP contribution in [0.15, 0.2) is 58.5 Å². The van der Waals surface area contributed by atoms with E-state index in [0.29, 0.717) is 28.4 Å². The van der Waals surface area contributed by atoms with Crippen molar-refractivity contribution in [2.75, 3.05) is 18.9 Å². The van der Waals surface area contributed by atoms with Gasteiger partial charge in [-0.1, -0.05) is 30.0 Å². The van der Waals surface area contributed by atoms with Gasteiger partial charge in [0.05, 0.1) is 17.5 Å².